The first-order chi connectivity index (χ1) is 13.5. The summed E-state index contributed by atoms with van der Waals surface area (Å²) in [6.45, 7) is 8.17. The molecular weight excluding hydrogens is 352 g/mol. The molecule has 2 aromatic heterocycles. The Kier molecular flexibility index (Phi) is 4.96. The van der Waals surface area contributed by atoms with E-state index in [1.165, 1.54) is 22.3 Å². The molecule has 0 spiro atoms. The van der Waals surface area contributed by atoms with E-state index in [0.717, 1.165) is 36.6 Å². The molecule has 3 heterocycles. The average Bonchev–Trinajstić information content (AvgIpc) is 3.28. The second-order valence-electron chi connectivity index (χ2n) is 7.27. The number of esters is 1. The third-order valence-electron chi connectivity index (χ3n) is 5.35. The first kappa shape index (κ1) is 18.4. The van der Waals surface area contributed by atoms with Gasteiger partial charge in [0.05, 0.1) is 11.3 Å². The predicted molar refractivity (Wildman–Crippen MR) is 107 cm³/mol. The van der Waals surface area contributed by atoms with Crippen LogP contribution < -0.4 is 5.32 Å². The van der Waals surface area contributed by atoms with Gasteiger partial charge in [-0.2, -0.15) is 0 Å². The Morgan fingerprint density at radius 1 is 1.18 bits per heavy atom. The molecule has 0 saturated carbocycles. The number of nitrogens with one attached hydrogen (secondary N) is 1. The van der Waals surface area contributed by atoms with Gasteiger partial charge in [-0.1, -0.05) is 6.07 Å². The molecule has 4 rings (SSSR count). The monoisotopic (exact) mass is 376 g/mol. The van der Waals surface area contributed by atoms with Gasteiger partial charge >= 0.3 is 5.97 Å². The topological polar surface area (TPSA) is 69.0 Å². The van der Waals surface area contributed by atoms with Crippen LogP contribution in [-0.4, -0.2) is 27.0 Å². The molecule has 6 heteroatoms. The Bertz CT molecular complexity index is 1040. The van der Waals surface area contributed by atoms with E-state index in [2.05, 4.69) is 35.2 Å². The number of carbonyl (C=O) groups is 1. The number of benzene rings is 1. The summed E-state index contributed by atoms with van der Waals surface area (Å²) in [4.78, 5) is 20.5. The third kappa shape index (κ3) is 3.55. The third-order valence-corrected chi connectivity index (χ3v) is 5.35. The molecule has 3 aromatic rings. The van der Waals surface area contributed by atoms with Crippen LogP contribution in [0.15, 0.2) is 36.9 Å². The Hall–Kier alpha value is -2.99. The van der Waals surface area contributed by atoms with E-state index in [9.17, 15) is 4.79 Å². The summed E-state index contributed by atoms with van der Waals surface area (Å²) in [6.07, 6.45) is 6.59. The van der Waals surface area contributed by atoms with Crippen LogP contribution in [0.2, 0.25) is 0 Å². The molecule has 144 valence electrons. The van der Waals surface area contributed by atoms with Crippen LogP contribution in [0.5, 0.6) is 0 Å². The van der Waals surface area contributed by atoms with Crippen molar-refractivity contribution in [2.75, 3.05) is 6.54 Å². The molecule has 0 unspecified atom stereocenters. The summed E-state index contributed by atoms with van der Waals surface area (Å²) in [5.41, 5.74) is 7.53. The number of nitrogens with zero attached hydrogens (tertiary/aromatic N) is 3. The van der Waals surface area contributed by atoms with Crippen LogP contribution >= 0.6 is 0 Å². The average molecular weight is 376 g/mol. The van der Waals surface area contributed by atoms with Crippen LogP contribution in [-0.2, 0) is 24.3 Å². The lowest BCUT2D eigenvalue weighted by Crippen LogP contribution is -2.18. The van der Waals surface area contributed by atoms with Crippen LogP contribution in [0.25, 0.3) is 5.82 Å². The van der Waals surface area contributed by atoms with Crippen molar-refractivity contribution in [2.45, 2.75) is 40.3 Å². The second-order valence-corrected chi connectivity index (χ2v) is 7.27. The minimum absolute atomic E-state index is 0.208. The van der Waals surface area contributed by atoms with Crippen molar-refractivity contribution in [1.29, 1.82) is 0 Å². The number of ether oxygens (including phenoxy) is 1. The van der Waals surface area contributed by atoms with Crippen molar-refractivity contribution in [2.24, 2.45) is 0 Å². The summed E-state index contributed by atoms with van der Waals surface area (Å²) in [5, 5.41) is 3.50. The van der Waals surface area contributed by atoms with Gasteiger partial charge in [-0.15, -0.1) is 0 Å². The van der Waals surface area contributed by atoms with Gasteiger partial charge in [0.2, 0.25) is 0 Å². The molecule has 0 bridgehead atoms. The second kappa shape index (κ2) is 7.56. The van der Waals surface area contributed by atoms with E-state index < -0.39 is 0 Å². The maximum atomic E-state index is 11.6. The van der Waals surface area contributed by atoms with Gasteiger partial charge in [-0.25, -0.2) is 14.8 Å². The van der Waals surface area contributed by atoms with E-state index in [1.54, 1.807) is 6.33 Å². The van der Waals surface area contributed by atoms with Crippen LogP contribution in [0.4, 0.5) is 0 Å². The number of aromatic nitrogens is 3. The SMILES string of the molecule is Cc1cn(-c2cc(C)c(CNCCc3ccc4c(c3C)COC4=O)cn2)cn1. The van der Waals surface area contributed by atoms with E-state index in [1.807, 2.05) is 36.0 Å². The number of hydrogen-bond donors (Lipinski definition) is 1. The largest absolute Gasteiger partial charge is 0.457 e. The van der Waals surface area contributed by atoms with Crippen LogP contribution in [0.1, 0.15) is 43.9 Å². The summed E-state index contributed by atoms with van der Waals surface area (Å²) in [7, 11) is 0. The predicted octanol–water partition coefficient (Wildman–Crippen LogP) is 3.20. The van der Waals surface area contributed by atoms with Crippen LogP contribution in [0.3, 0.4) is 0 Å². The zero-order chi connectivity index (χ0) is 19.7. The molecular formula is C22H24N4O2. The zero-order valence-corrected chi connectivity index (χ0v) is 16.5. The summed E-state index contributed by atoms with van der Waals surface area (Å²) >= 11 is 0. The first-order valence-electron chi connectivity index (χ1n) is 9.48. The van der Waals surface area contributed by atoms with Crippen molar-refractivity contribution in [1.82, 2.24) is 19.9 Å². The smallest absolute Gasteiger partial charge is 0.338 e. The van der Waals surface area contributed by atoms with Gasteiger partial charge in [-0.3, -0.25) is 4.57 Å². The highest BCUT2D eigenvalue weighted by Crippen LogP contribution is 2.26. The van der Waals surface area contributed by atoms with Gasteiger partial charge in [0.1, 0.15) is 18.8 Å². The Labute approximate surface area is 164 Å². The summed E-state index contributed by atoms with van der Waals surface area (Å²) < 4.78 is 7.07. The van der Waals surface area contributed by atoms with E-state index in [-0.39, 0.29) is 5.97 Å². The number of aryl methyl sites for hydroxylation is 2. The van der Waals surface area contributed by atoms with Crippen molar-refractivity contribution in [3.8, 4) is 5.82 Å². The fraction of sp³-hybridized carbons (Fsp3) is 0.318. The fourth-order valence-electron chi connectivity index (χ4n) is 3.56. The number of cyclic esters (lactones) is 1. The number of imidazole rings is 1. The van der Waals surface area contributed by atoms with E-state index in [0.29, 0.717) is 12.2 Å². The van der Waals surface area contributed by atoms with E-state index >= 15 is 0 Å². The normalized spacial score (nSPS) is 12.9. The molecule has 0 saturated heterocycles. The lowest BCUT2D eigenvalue weighted by molar-refractivity contribution is 0.0535. The Balaban J connectivity index is 1.35. The molecule has 1 N–H and O–H groups in total. The summed E-state index contributed by atoms with van der Waals surface area (Å²) in [5.74, 6) is 0.674. The number of pyridine rings is 1. The number of hydrogen-bond acceptors (Lipinski definition) is 5. The highest BCUT2D eigenvalue weighted by Gasteiger charge is 2.23. The minimum atomic E-state index is -0.208. The fourth-order valence-corrected chi connectivity index (χ4v) is 3.56. The minimum Gasteiger partial charge on any atom is -0.457 e. The molecule has 0 radical (unpaired) electrons. The molecule has 0 atom stereocenters. The van der Waals surface area contributed by atoms with Gasteiger partial charge in [-0.05, 0) is 68.1 Å². The Morgan fingerprint density at radius 3 is 2.79 bits per heavy atom. The molecule has 28 heavy (non-hydrogen) atoms. The zero-order valence-electron chi connectivity index (χ0n) is 16.5. The molecule has 1 aliphatic heterocycles. The van der Waals surface area contributed by atoms with E-state index in [4.69, 9.17) is 4.74 Å². The lowest BCUT2D eigenvalue weighted by Gasteiger charge is -2.11. The standard InChI is InChI=1S/C22H24N4O2/c1-14-8-21(26-11-15(2)25-13-26)24-10-18(14)9-23-7-6-17-4-5-19-20(16(17)3)12-28-22(19)27/h4-5,8,10-11,13,23H,6-7,9,12H2,1-3H3. The maximum absolute atomic E-state index is 11.6. The van der Waals surface area contributed by atoms with Gasteiger partial charge in [0, 0.05) is 24.5 Å². The van der Waals surface area contributed by atoms with Crippen molar-refractivity contribution < 1.29 is 9.53 Å². The maximum Gasteiger partial charge on any atom is 0.338 e. The molecule has 1 aliphatic rings. The first-order valence-corrected chi connectivity index (χ1v) is 9.48. The highest BCUT2D eigenvalue weighted by molar-refractivity contribution is 5.93. The summed E-state index contributed by atoms with van der Waals surface area (Å²) in [6, 6.07) is 6.01. The number of rotatable bonds is 6. The van der Waals surface area contributed by atoms with Crippen LogP contribution in [0, 0.1) is 20.8 Å². The highest BCUT2D eigenvalue weighted by atomic mass is 16.5. The molecule has 6 nitrogen and oxygen atoms in total. The quantitative estimate of drug-likeness (QED) is 0.529. The van der Waals surface area contributed by atoms with Gasteiger partial charge < -0.3 is 10.1 Å². The molecule has 0 amide bonds. The molecule has 0 aliphatic carbocycles. The van der Waals surface area contributed by atoms with Gasteiger partial charge in [0.15, 0.2) is 0 Å². The van der Waals surface area contributed by atoms with Crippen molar-refractivity contribution >= 4 is 5.97 Å². The number of carbonyl (C=O) groups excluding carboxylic acids is 1. The molecule has 0 fully saturated rings. The Morgan fingerprint density at radius 2 is 2.04 bits per heavy atom. The van der Waals surface area contributed by atoms with Crippen molar-refractivity contribution in [3.05, 3.63) is 76.0 Å². The lowest BCUT2D eigenvalue weighted by atomic mass is 9.97. The molecule has 1 aromatic carbocycles. The van der Waals surface area contributed by atoms with Crippen molar-refractivity contribution in [3.63, 3.8) is 0 Å². The number of fused-ring (bicyclic) bond motifs is 1. The van der Waals surface area contributed by atoms with Gasteiger partial charge in [0.25, 0.3) is 0 Å².